The number of rotatable bonds is 8. The fourth-order valence-electron chi connectivity index (χ4n) is 8.34. The highest BCUT2D eigenvalue weighted by Crippen LogP contribution is 2.72. The Hall–Kier alpha value is -2.84. The van der Waals surface area contributed by atoms with Gasteiger partial charge in [-0.3, -0.25) is 24.0 Å². The minimum absolute atomic E-state index is 0.0209. The molecule has 0 N–H and O–H groups in total. The van der Waals surface area contributed by atoms with Crippen molar-refractivity contribution >= 4 is 29.5 Å². The van der Waals surface area contributed by atoms with Crippen molar-refractivity contribution in [2.75, 3.05) is 6.61 Å². The predicted molar refractivity (Wildman–Crippen MR) is 142 cm³/mol. The van der Waals surface area contributed by atoms with Crippen molar-refractivity contribution in [2.45, 2.75) is 104 Å². The number of fused-ring (bicyclic) bond motifs is 5. The van der Waals surface area contributed by atoms with Crippen LogP contribution in [0.15, 0.2) is 23.8 Å². The van der Waals surface area contributed by atoms with Crippen molar-refractivity contribution in [2.24, 2.45) is 28.6 Å². The third-order valence-corrected chi connectivity index (χ3v) is 10.3. The fraction of sp³-hybridized carbons (Fsp3) is 0.710. The van der Waals surface area contributed by atoms with Gasteiger partial charge in [0.1, 0.15) is 6.10 Å². The molecule has 0 amide bonds. The second-order valence-corrected chi connectivity index (χ2v) is 12.2. The molecule has 220 valence electrons. The number of esters is 3. The molecule has 4 aliphatic carbocycles. The number of hydrogen-bond donors (Lipinski definition) is 0. The van der Waals surface area contributed by atoms with Gasteiger partial charge in [-0.15, -0.1) is 0 Å². The van der Waals surface area contributed by atoms with Crippen LogP contribution in [0.5, 0.6) is 0 Å². The number of alkyl halides is 1. The first-order valence-corrected chi connectivity index (χ1v) is 14.5. The van der Waals surface area contributed by atoms with E-state index in [0.29, 0.717) is 24.8 Å². The molecule has 0 radical (unpaired) electrons. The van der Waals surface area contributed by atoms with Crippen molar-refractivity contribution in [1.29, 1.82) is 0 Å². The van der Waals surface area contributed by atoms with E-state index in [1.165, 1.54) is 12.2 Å². The molecule has 0 aliphatic heterocycles. The van der Waals surface area contributed by atoms with Crippen LogP contribution in [0.1, 0.15) is 86.5 Å². The number of ether oxygens (including phenoxy) is 3. The SMILES string of the molecule is CCC(=O)OCC(=O)[C@@]1(OC(=O)CC)[C@H](C)CC2C3CCC4=CC(=O)C=CC4(C)[C@@]3(F)C(OC(=O)CC)CC21C. The van der Waals surface area contributed by atoms with Gasteiger partial charge in [0.2, 0.25) is 5.78 Å². The van der Waals surface area contributed by atoms with E-state index in [2.05, 4.69) is 0 Å². The predicted octanol–water partition coefficient (Wildman–Crippen LogP) is 4.78. The molecule has 0 spiro atoms. The molecule has 0 bridgehead atoms. The summed E-state index contributed by atoms with van der Waals surface area (Å²) in [6.45, 7) is 9.68. The van der Waals surface area contributed by atoms with E-state index >= 15 is 4.39 Å². The summed E-state index contributed by atoms with van der Waals surface area (Å²) in [5, 5.41) is 0. The Labute approximate surface area is 235 Å². The van der Waals surface area contributed by atoms with Crippen LogP contribution in [-0.2, 0) is 38.2 Å². The first-order chi connectivity index (χ1) is 18.7. The maximum Gasteiger partial charge on any atom is 0.306 e. The summed E-state index contributed by atoms with van der Waals surface area (Å²) in [6.07, 6.45) is 4.49. The average molecular weight is 561 g/mol. The highest BCUT2D eigenvalue weighted by Gasteiger charge is 2.78. The lowest BCUT2D eigenvalue weighted by Gasteiger charge is -2.63. The highest BCUT2D eigenvalue weighted by molar-refractivity contribution is 6.01. The number of ketones is 2. The Bertz CT molecular complexity index is 1170. The zero-order valence-corrected chi connectivity index (χ0v) is 24.3. The van der Waals surface area contributed by atoms with E-state index in [0.717, 1.165) is 0 Å². The van der Waals surface area contributed by atoms with Crippen LogP contribution in [0.25, 0.3) is 0 Å². The van der Waals surface area contributed by atoms with Crippen molar-refractivity contribution < 1.29 is 42.6 Å². The van der Waals surface area contributed by atoms with Crippen LogP contribution >= 0.6 is 0 Å². The van der Waals surface area contributed by atoms with Crippen molar-refractivity contribution in [3.05, 3.63) is 23.8 Å². The zero-order valence-electron chi connectivity index (χ0n) is 24.3. The summed E-state index contributed by atoms with van der Waals surface area (Å²) >= 11 is 0. The van der Waals surface area contributed by atoms with Gasteiger partial charge in [-0.2, -0.15) is 0 Å². The number of carbonyl (C=O) groups is 5. The topological polar surface area (TPSA) is 113 Å². The van der Waals surface area contributed by atoms with Crippen molar-refractivity contribution in [3.63, 3.8) is 0 Å². The molecule has 40 heavy (non-hydrogen) atoms. The van der Waals surface area contributed by atoms with Gasteiger partial charge in [0.05, 0.1) is 0 Å². The molecule has 4 rings (SSSR count). The maximum atomic E-state index is 18.1. The van der Waals surface area contributed by atoms with E-state index in [9.17, 15) is 24.0 Å². The first-order valence-electron chi connectivity index (χ1n) is 14.5. The molecule has 8 atom stereocenters. The Kier molecular flexibility index (Phi) is 7.93. The van der Waals surface area contributed by atoms with Gasteiger partial charge in [0.25, 0.3) is 0 Å². The van der Waals surface area contributed by atoms with Crippen LogP contribution in [0.3, 0.4) is 0 Å². The summed E-state index contributed by atoms with van der Waals surface area (Å²) in [5.74, 6) is -4.06. The van der Waals surface area contributed by atoms with Gasteiger partial charge in [0, 0.05) is 41.9 Å². The standard InChI is InChI=1S/C31H41FO8/c1-7-25(35)38-17-23(34)31(40-27(37)9-3)18(4)14-22-21-11-10-19-15-20(33)12-13-28(19,5)30(21,32)24(16-29(22,31)6)39-26(36)8-2/h12-13,15,18,21-22,24H,7-11,14,16-17H2,1-6H3/t18-,21?,22?,24?,28?,29?,30+,31+/m1/s1. The van der Waals surface area contributed by atoms with Gasteiger partial charge in [-0.1, -0.05) is 46.3 Å². The molecule has 0 heterocycles. The lowest BCUT2D eigenvalue weighted by molar-refractivity contribution is -0.236. The Morgan fingerprint density at radius 2 is 1.65 bits per heavy atom. The summed E-state index contributed by atoms with van der Waals surface area (Å²) in [5.41, 5.74) is -5.41. The van der Waals surface area contributed by atoms with E-state index in [4.69, 9.17) is 14.2 Å². The monoisotopic (exact) mass is 560 g/mol. The molecule has 0 aromatic heterocycles. The van der Waals surface area contributed by atoms with Crippen molar-refractivity contribution in [1.82, 2.24) is 0 Å². The zero-order chi connectivity index (χ0) is 29.7. The Balaban J connectivity index is 1.88. The quantitative estimate of drug-likeness (QED) is 0.308. The Morgan fingerprint density at radius 1 is 1.00 bits per heavy atom. The van der Waals surface area contributed by atoms with Crippen LogP contribution in [0.4, 0.5) is 4.39 Å². The van der Waals surface area contributed by atoms with Crippen LogP contribution in [0.2, 0.25) is 0 Å². The van der Waals surface area contributed by atoms with E-state index in [-0.39, 0.29) is 31.5 Å². The van der Waals surface area contributed by atoms with Gasteiger partial charge < -0.3 is 14.2 Å². The van der Waals surface area contributed by atoms with E-state index in [1.54, 1.807) is 33.8 Å². The number of carbonyl (C=O) groups excluding carboxylic acids is 5. The molecule has 3 saturated carbocycles. The highest BCUT2D eigenvalue weighted by atomic mass is 19.1. The largest absolute Gasteiger partial charge is 0.459 e. The second kappa shape index (κ2) is 10.5. The minimum atomic E-state index is -2.06. The van der Waals surface area contributed by atoms with Gasteiger partial charge >= 0.3 is 17.9 Å². The second-order valence-electron chi connectivity index (χ2n) is 12.2. The number of halogens is 1. The van der Waals surface area contributed by atoms with Gasteiger partial charge in [-0.25, -0.2) is 4.39 Å². The fourth-order valence-corrected chi connectivity index (χ4v) is 8.34. The smallest absolute Gasteiger partial charge is 0.306 e. The Morgan fingerprint density at radius 3 is 2.27 bits per heavy atom. The molecule has 0 saturated heterocycles. The summed E-state index contributed by atoms with van der Waals surface area (Å²) < 4.78 is 35.3. The van der Waals surface area contributed by atoms with Crippen LogP contribution in [0, 0.1) is 28.6 Å². The summed E-state index contributed by atoms with van der Waals surface area (Å²) in [4.78, 5) is 63.8. The van der Waals surface area contributed by atoms with E-state index < -0.39 is 76.3 Å². The molecular weight excluding hydrogens is 519 g/mol. The lowest BCUT2D eigenvalue weighted by atomic mass is 9.44. The normalized spacial score (nSPS) is 39.8. The van der Waals surface area contributed by atoms with Gasteiger partial charge in [0.15, 0.2) is 23.7 Å². The lowest BCUT2D eigenvalue weighted by Crippen LogP contribution is -2.70. The van der Waals surface area contributed by atoms with Crippen LogP contribution in [-0.4, -0.2) is 53.5 Å². The number of hydrogen-bond acceptors (Lipinski definition) is 8. The molecule has 4 aliphatic rings. The summed E-state index contributed by atoms with van der Waals surface area (Å²) in [7, 11) is 0. The molecule has 9 heteroatoms. The van der Waals surface area contributed by atoms with Gasteiger partial charge in [-0.05, 0) is 50.7 Å². The average Bonchev–Trinajstić information content (AvgIpc) is 3.14. The maximum absolute atomic E-state index is 18.1. The number of Topliss-reactive ketones (excluding diaryl/α,β-unsaturated/α-hetero) is 1. The van der Waals surface area contributed by atoms with Crippen molar-refractivity contribution in [3.8, 4) is 0 Å². The molecule has 3 fully saturated rings. The molecule has 0 aromatic rings. The minimum Gasteiger partial charge on any atom is -0.459 e. The third kappa shape index (κ3) is 4.17. The molecule has 8 nitrogen and oxygen atoms in total. The first kappa shape index (κ1) is 30.1. The molecule has 5 unspecified atom stereocenters. The summed E-state index contributed by atoms with van der Waals surface area (Å²) in [6, 6.07) is 0. The molecular formula is C31H41FO8. The van der Waals surface area contributed by atoms with E-state index in [1.807, 2.05) is 13.8 Å². The van der Waals surface area contributed by atoms with Crippen LogP contribution < -0.4 is 0 Å². The molecule has 0 aromatic carbocycles. The number of allylic oxidation sites excluding steroid dienone is 4. The third-order valence-electron chi connectivity index (χ3n) is 10.3.